The fourth-order valence-electron chi connectivity index (χ4n) is 6.00. The van der Waals surface area contributed by atoms with Gasteiger partial charge in [-0.3, -0.25) is 4.79 Å². The van der Waals surface area contributed by atoms with E-state index < -0.39 is 12.0 Å². The quantitative estimate of drug-likeness (QED) is 0.200. The first kappa shape index (κ1) is 33.3. The van der Waals surface area contributed by atoms with Crippen LogP contribution in [-0.4, -0.2) is 77.7 Å². The number of nitrogens with one attached hydrogen (secondary N) is 1. The third kappa shape index (κ3) is 7.60. The molecule has 11 nitrogen and oxygen atoms in total. The molecule has 1 aliphatic carbocycles. The smallest absolute Gasteiger partial charge is 0.338 e. The van der Waals surface area contributed by atoms with E-state index in [4.69, 9.17) is 24.0 Å². The van der Waals surface area contributed by atoms with Crippen LogP contribution in [0.15, 0.2) is 57.3 Å². The summed E-state index contributed by atoms with van der Waals surface area (Å²) >= 11 is 4.92. The summed E-state index contributed by atoms with van der Waals surface area (Å²) in [6.45, 7) is 3.67. The molecule has 2 aromatic carbocycles. The van der Waals surface area contributed by atoms with Crippen molar-refractivity contribution in [1.82, 2.24) is 19.7 Å². The molecule has 3 aliphatic rings. The number of halogens is 2. The number of allylic oxidation sites excluding steroid dienone is 1. The fourth-order valence-corrected chi connectivity index (χ4v) is 7.39. The molecular formula is C33H37BrFN5O6S. The Hall–Kier alpha value is -3.62. The van der Waals surface area contributed by atoms with Gasteiger partial charge in [0.1, 0.15) is 18.0 Å². The van der Waals surface area contributed by atoms with Crippen molar-refractivity contribution < 1.29 is 32.9 Å². The first-order valence-corrected chi connectivity index (χ1v) is 17.5. The topological polar surface area (TPSA) is 117 Å². The third-order valence-corrected chi connectivity index (χ3v) is 9.94. The fraction of sp³-hybridized carbons (Fsp3) is 0.455. The number of nitrogens with zero attached hydrogens (tertiary/aromatic N) is 4. The zero-order valence-electron chi connectivity index (χ0n) is 26.3. The molecule has 250 valence electrons. The van der Waals surface area contributed by atoms with E-state index in [2.05, 4.69) is 26.2 Å². The summed E-state index contributed by atoms with van der Waals surface area (Å²) in [5.74, 6) is 0.623. The molecular weight excluding hydrogens is 693 g/mol. The van der Waals surface area contributed by atoms with Gasteiger partial charge >= 0.3 is 5.97 Å². The van der Waals surface area contributed by atoms with Crippen molar-refractivity contribution >= 4 is 45.5 Å². The SMILES string of the molecule is COc1cc(C2C(C(=O)OC3CCCCC3)=C(C)Nc3nc(SCc4ccccc4F)nn32)cc(Br)c1OCC(=O)N1CCOCC1. The van der Waals surface area contributed by atoms with Crippen molar-refractivity contribution in [3.8, 4) is 11.5 Å². The minimum absolute atomic E-state index is 0.149. The van der Waals surface area contributed by atoms with Gasteiger partial charge in [-0.15, -0.1) is 5.10 Å². The lowest BCUT2D eigenvalue weighted by atomic mass is 9.94. The van der Waals surface area contributed by atoms with Crippen LogP contribution in [0.25, 0.3) is 0 Å². The normalized spacial score (nSPS) is 18.4. The number of benzene rings is 2. The summed E-state index contributed by atoms with van der Waals surface area (Å²) in [6, 6.07) is 9.46. The molecule has 2 fully saturated rings. The van der Waals surface area contributed by atoms with Gasteiger partial charge in [-0.1, -0.05) is 36.4 Å². The summed E-state index contributed by atoms with van der Waals surface area (Å²) in [7, 11) is 1.52. The number of morpholine rings is 1. The van der Waals surface area contributed by atoms with Crippen LogP contribution in [0.3, 0.4) is 0 Å². The number of amides is 1. The average Bonchev–Trinajstić information content (AvgIpc) is 3.49. The maximum Gasteiger partial charge on any atom is 0.338 e. The number of anilines is 1. The Morgan fingerprint density at radius 3 is 2.66 bits per heavy atom. The predicted octanol–water partition coefficient (Wildman–Crippen LogP) is 5.88. The minimum Gasteiger partial charge on any atom is -0.493 e. The zero-order valence-corrected chi connectivity index (χ0v) is 28.7. The number of hydrogen-bond donors (Lipinski definition) is 1. The van der Waals surface area contributed by atoms with Crippen molar-refractivity contribution in [3.63, 3.8) is 0 Å². The van der Waals surface area contributed by atoms with Crippen molar-refractivity contribution in [2.45, 2.75) is 62.1 Å². The highest BCUT2D eigenvalue weighted by Gasteiger charge is 2.37. The van der Waals surface area contributed by atoms with E-state index in [0.29, 0.717) is 81.5 Å². The number of hydrogen-bond acceptors (Lipinski definition) is 10. The Morgan fingerprint density at radius 2 is 1.91 bits per heavy atom. The summed E-state index contributed by atoms with van der Waals surface area (Å²) < 4.78 is 39.7. The lowest BCUT2D eigenvalue weighted by Crippen LogP contribution is -2.43. The molecule has 6 rings (SSSR count). The Kier molecular flexibility index (Phi) is 10.7. The molecule has 1 aromatic heterocycles. The van der Waals surface area contributed by atoms with Crippen LogP contribution in [0.1, 0.15) is 56.2 Å². The van der Waals surface area contributed by atoms with Gasteiger partial charge in [0, 0.05) is 24.5 Å². The maximum atomic E-state index is 14.3. The summed E-state index contributed by atoms with van der Waals surface area (Å²) in [5, 5.41) is 8.44. The second kappa shape index (κ2) is 15.1. The monoisotopic (exact) mass is 729 g/mol. The highest BCUT2D eigenvalue weighted by atomic mass is 79.9. The molecule has 3 aromatic rings. The summed E-state index contributed by atoms with van der Waals surface area (Å²) in [4.78, 5) is 33.1. The Morgan fingerprint density at radius 1 is 1.15 bits per heavy atom. The standard InChI is InChI=1S/C33H37BrFN5O6S/c1-20-28(31(42)46-23-9-4-3-5-10-23)29(40-32(36-20)37-33(38-40)47-19-21-8-6-7-11-25(21)35)22-16-24(34)30(26(17-22)43-2)45-18-27(41)39-12-14-44-15-13-39/h6-8,11,16-17,23,29H,3-5,9-10,12-15,18-19H2,1-2H3,(H,36,37,38). The number of thioether (sulfide) groups is 1. The number of methoxy groups -OCH3 is 1. The Labute approximate surface area is 285 Å². The summed E-state index contributed by atoms with van der Waals surface area (Å²) in [5.41, 5.74) is 2.18. The molecule has 0 radical (unpaired) electrons. The molecule has 1 amide bonds. The molecule has 1 atom stereocenters. The largest absolute Gasteiger partial charge is 0.493 e. The van der Waals surface area contributed by atoms with E-state index in [1.54, 1.807) is 33.8 Å². The lowest BCUT2D eigenvalue weighted by molar-refractivity contribution is -0.146. The molecule has 14 heteroatoms. The van der Waals surface area contributed by atoms with Crippen LogP contribution < -0.4 is 14.8 Å². The maximum absolute atomic E-state index is 14.3. The molecule has 0 bridgehead atoms. The molecule has 47 heavy (non-hydrogen) atoms. The zero-order chi connectivity index (χ0) is 32.9. The summed E-state index contributed by atoms with van der Waals surface area (Å²) in [6.07, 6.45) is 4.69. The van der Waals surface area contributed by atoms with Gasteiger partial charge in [-0.05, 0) is 77.9 Å². The number of ether oxygens (including phenoxy) is 4. The van der Waals surface area contributed by atoms with Crippen molar-refractivity contribution in [2.24, 2.45) is 0 Å². The van der Waals surface area contributed by atoms with Gasteiger partial charge in [-0.2, -0.15) is 4.98 Å². The van der Waals surface area contributed by atoms with Crippen LogP contribution in [0, 0.1) is 5.82 Å². The molecule has 2 aliphatic heterocycles. The number of esters is 1. The second-order valence-corrected chi connectivity index (χ2v) is 13.4. The molecule has 0 spiro atoms. The van der Waals surface area contributed by atoms with Crippen LogP contribution in [0.5, 0.6) is 11.5 Å². The van der Waals surface area contributed by atoms with Crippen LogP contribution in [0.2, 0.25) is 0 Å². The second-order valence-electron chi connectivity index (χ2n) is 11.6. The first-order chi connectivity index (χ1) is 22.8. The minimum atomic E-state index is -0.730. The van der Waals surface area contributed by atoms with Gasteiger partial charge in [-0.25, -0.2) is 13.9 Å². The van der Waals surface area contributed by atoms with Crippen LogP contribution in [0.4, 0.5) is 10.3 Å². The van der Waals surface area contributed by atoms with E-state index in [1.165, 1.54) is 24.9 Å². The predicted molar refractivity (Wildman–Crippen MR) is 177 cm³/mol. The van der Waals surface area contributed by atoms with Gasteiger partial charge in [0.15, 0.2) is 18.1 Å². The number of aromatic nitrogens is 3. The van der Waals surface area contributed by atoms with E-state index in [-0.39, 0.29) is 24.4 Å². The van der Waals surface area contributed by atoms with Crippen molar-refractivity contribution in [1.29, 1.82) is 0 Å². The van der Waals surface area contributed by atoms with Gasteiger partial charge in [0.05, 0.1) is 30.4 Å². The highest BCUT2D eigenvalue weighted by molar-refractivity contribution is 9.10. The van der Waals surface area contributed by atoms with E-state index in [9.17, 15) is 14.0 Å². The number of rotatable bonds is 10. The van der Waals surface area contributed by atoms with Gasteiger partial charge < -0.3 is 29.2 Å². The number of carbonyl (C=O) groups is 2. The van der Waals surface area contributed by atoms with E-state index in [0.717, 1.165) is 32.1 Å². The van der Waals surface area contributed by atoms with Crippen LogP contribution >= 0.6 is 27.7 Å². The Balaban J connectivity index is 1.32. The molecule has 1 saturated carbocycles. The number of fused-ring (bicyclic) bond motifs is 1. The van der Waals surface area contributed by atoms with Crippen molar-refractivity contribution in [2.75, 3.05) is 45.3 Å². The molecule has 1 unspecified atom stereocenters. The average molecular weight is 731 g/mol. The van der Waals surface area contributed by atoms with Crippen LogP contribution in [-0.2, 0) is 24.8 Å². The van der Waals surface area contributed by atoms with E-state index >= 15 is 0 Å². The molecule has 3 heterocycles. The highest BCUT2D eigenvalue weighted by Crippen LogP contribution is 2.43. The molecule has 1 N–H and O–H groups in total. The van der Waals surface area contributed by atoms with E-state index in [1.807, 2.05) is 13.0 Å². The number of carbonyl (C=O) groups excluding carboxylic acids is 2. The van der Waals surface area contributed by atoms with Crippen molar-refractivity contribution in [3.05, 3.63) is 69.1 Å². The lowest BCUT2D eigenvalue weighted by Gasteiger charge is -2.30. The van der Waals surface area contributed by atoms with Gasteiger partial charge in [0.2, 0.25) is 11.1 Å². The first-order valence-electron chi connectivity index (χ1n) is 15.7. The third-order valence-electron chi connectivity index (χ3n) is 8.46. The van der Waals surface area contributed by atoms with Gasteiger partial charge in [0.25, 0.3) is 5.91 Å². The molecule has 1 saturated heterocycles. The Bertz CT molecular complexity index is 1660.